The standard InChI is InChI=1S/C16H11Cl2N5O3/c17-11-4-1-3-10(7-11)16(24)20-15-14(22-26-23-15)9-19-25-21-13-6-2-5-12(18)8-13/h1-9,21H,(H,20,23,24)/b19-9+. The van der Waals surface area contributed by atoms with Gasteiger partial charge in [0.25, 0.3) is 5.91 Å². The van der Waals surface area contributed by atoms with Crippen LogP contribution in [0.3, 0.4) is 0 Å². The van der Waals surface area contributed by atoms with Crippen LogP contribution in [0, 0.1) is 0 Å². The van der Waals surface area contributed by atoms with Crippen molar-refractivity contribution in [3.8, 4) is 0 Å². The van der Waals surface area contributed by atoms with Crippen LogP contribution in [0.15, 0.2) is 58.3 Å². The van der Waals surface area contributed by atoms with Crippen LogP contribution >= 0.6 is 23.2 Å². The number of benzene rings is 2. The molecule has 3 rings (SSSR count). The molecule has 0 aliphatic carbocycles. The summed E-state index contributed by atoms with van der Waals surface area (Å²) in [4.78, 5) is 17.1. The molecular weight excluding hydrogens is 381 g/mol. The zero-order chi connectivity index (χ0) is 18.4. The minimum absolute atomic E-state index is 0.0880. The molecule has 1 aromatic heterocycles. The maximum atomic E-state index is 12.2. The van der Waals surface area contributed by atoms with Crippen molar-refractivity contribution >= 4 is 46.8 Å². The van der Waals surface area contributed by atoms with Crippen molar-refractivity contribution in [3.05, 3.63) is 69.8 Å². The molecule has 3 aromatic rings. The number of halogens is 2. The van der Waals surface area contributed by atoms with E-state index in [2.05, 4.69) is 30.9 Å². The molecule has 0 bridgehead atoms. The zero-order valence-corrected chi connectivity index (χ0v) is 14.5. The lowest BCUT2D eigenvalue weighted by Crippen LogP contribution is -2.13. The van der Waals surface area contributed by atoms with Gasteiger partial charge in [-0.1, -0.05) is 40.5 Å². The molecule has 1 amide bonds. The Bertz CT molecular complexity index is 945. The van der Waals surface area contributed by atoms with Crippen molar-refractivity contribution in [1.82, 2.24) is 10.3 Å². The maximum absolute atomic E-state index is 12.2. The van der Waals surface area contributed by atoms with Gasteiger partial charge < -0.3 is 5.32 Å². The number of nitrogens with zero attached hydrogens (tertiary/aromatic N) is 3. The third kappa shape index (κ3) is 4.71. The number of nitrogens with one attached hydrogen (secondary N) is 2. The van der Waals surface area contributed by atoms with Gasteiger partial charge in [0, 0.05) is 15.6 Å². The third-order valence-electron chi connectivity index (χ3n) is 3.05. The summed E-state index contributed by atoms with van der Waals surface area (Å²) in [6.07, 6.45) is 1.22. The summed E-state index contributed by atoms with van der Waals surface area (Å²) in [5.74, 6) is -0.332. The fourth-order valence-corrected chi connectivity index (χ4v) is 2.26. The number of aromatic nitrogens is 2. The van der Waals surface area contributed by atoms with Crippen LogP contribution in [-0.4, -0.2) is 22.4 Å². The van der Waals surface area contributed by atoms with Crippen LogP contribution in [0.2, 0.25) is 10.0 Å². The van der Waals surface area contributed by atoms with Crippen molar-refractivity contribution in [2.45, 2.75) is 0 Å². The highest BCUT2D eigenvalue weighted by molar-refractivity contribution is 6.31. The fourth-order valence-electron chi connectivity index (χ4n) is 1.88. The molecule has 2 N–H and O–H groups in total. The smallest absolute Gasteiger partial charge is 0.257 e. The van der Waals surface area contributed by atoms with Gasteiger partial charge in [0.05, 0.1) is 5.69 Å². The summed E-state index contributed by atoms with van der Waals surface area (Å²) >= 11 is 11.7. The van der Waals surface area contributed by atoms with E-state index in [0.29, 0.717) is 21.3 Å². The number of rotatable bonds is 6. The second-order valence-electron chi connectivity index (χ2n) is 4.90. The van der Waals surface area contributed by atoms with E-state index in [1.165, 1.54) is 12.3 Å². The minimum Gasteiger partial charge on any atom is -0.302 e. The number of hydrogen-bond acceptors (Lipinski definition) is 7. The molecule has 0 radical (unpaired) electrons. The first-order chi connectivity index (χ1) is 12.6. The second-order valence-corrected chi connectivity index (χ2v) is 5.77. The van der Waals surface area contributed by atoms with Gasteiger partial charge in [-0.05, 0) is 46.7 Å². The topological polar surface area (TPSA) is 102 Å². The Morgan fingerprint density at radius 2 is 1.88 bits per heavy atom. The van der Waals surface area contributed by atoms with Crippen molar-refractivity contribution in [2.24, 2.45) is 5.16 Å². The Kier molecular flexibility index (Phi) is 5.67. The van der Waals surface area contributed by atoms with E-state index in [-0.39, 0.29) is 11.5 Å². The van der Waals surface area contributed by atoms with Crippen molar-refractivity contribution in [1.29, 1.82) is 0 Å². The Balaban J connectivity index is 1.60. The van der Waals surface area contributed by atoms with Gasteiger partial charge >= 0.3 is 0 Å². The fraction of sp³-hybridized carbons (Fsp3) is 0. The first-order valence-corrected chi connectivity index (χ1v) is 7.98. The summed E-state index contributed by atoms with van der Waals surface area (Å²) in [6, 6.07) is 13.3. The van der Waals surface area contributed by atoms with Gasteiger partial charge in [0.2, 0.25) is 5.82 Å². The van der Waals surface area contributed by atoms with E-state index in [1.54, 1.807) is 42.5 Å². The quantitative estimate of drug-likeness (QED) is 0.486. The van der Waals surface area contributed by atoms with E-state index in [9.17, 15) is 4.79 Å². The SMILES string of the molecule is O=C(Nc1nonc1/C=N/ONc1cccc(Cl)c1)c1cccc(Cl)c1. The number of oxime groups is 1. The molecule has 0 spiro atoms. The summed E-state index contributed by atoms with van der Waals surface area (Å²) in [6.45, 7) is 0. The largest absolute Gasteiger partial charge is 0.302 e. The average molecular weight is 392 g/mol. The van der Waals surface area contributed by atoms with Gasteiger partial charge in [0.15, 0.2) is 5.69 Å². The Morgan fingerprint density at radius 3 is 2.65 bits per heavy atom. The third-order valence-corrected chi connectivity index (χ3v) is 3.52. The number of hydrogen-bond donors (Lipinski definition) is 2. The number of carbonyl (C=O) groups excluding carboxylic acids is 1. The van der Waals surface area contributed by atoms with E-state index in [1.807, 2.05) is 0 Å². The molecule has 2 aromatic carbocycles. The Hall–Kier alpha value is -3.10. The van der Waals surface area contributed by atoms with Crippen LogP contribution in [0.1, 0.15) is 16.1 Å². The van der Waals surface area contributed by atoms with Gasteiger partial charge in [-0.2, -0.15) is 5.48 Å². The molecule has 10 heteroatoms. The molecule has 0 fully saturated rings. The van der Waals surface area contributed by atoms with E-state index in [0.717, 1.165) is 0 Å². The van der Waals surface area contributed by atoms with Crippen LogP contribution < -0.4 is 10.8 Å². The predicted molar refractivity (Wildman–Crippen MR) is 97.5 cm³/mol. The first kappa shape index (κ1) is 17.7. The summed E-state index contributed by atoms with van der Waals surface area (Å²) in [7, 11) is 0. The number of amides is 1. The highest BCUT2D eigenvalue weighted by Crippen LogP contribution is 2.15. The molecule has 0 aliphatic heterocycles. The van der Waals surface area contributed by atoms with Gasteiger partial charge in [-0.15, -0.1) is 0 Å². The highest BCUT2D eigenvalue weighted by Gasteiger charge is 2.13. The van der Waals surface area contributed by atoms with Crippen molar-refractivity contribution < 1.29 is 14.4 Å². The summed E-state index contributed by atoms with van der Waals surface area (Å²) < 4.78 is 4.61. The van der Waals surface area contributed by atoms with E-state index >= 15 is 0 Å². The van der Waals surface area contributed by atoms with Crippen LogP contribution in [0.5, 0.6) is 0 Å². The molecule has 0 saturated heterocycles. The Labute approximate surface area is 157 Å². The van der Waals surface area contributed by atoms with Gasteiger partial charge in [0.1, 0.15) is 6.21 Å². The molecule has 0 aliphatic rings. The second kappa shape index (κ2) is 8.32. The molecule has 8 nitrogen and oxygen atoms in total. The monoisotopic (exact) mass is 391 g/mol. The van der Waals surface area contributed by atoms with Crippen LogP contribution in [0.4, 0.5) is 11.5 Å². The molecule has 0 saturated carbocycles. The molecule has 132 valence electrons. The molecular formula is C16H11Cl2N5O3. The number of anilines is 2. The molecule has 0 atom stereocenters. The van der Waals surface area contributed by atoms with Crippen molar-refractivity contribution in [2.75, 3.05) is 10.8 Å². The average Bonchev–Trinajstić information content (AvgIpc) is 3.06. The van der Waals surface area contributed by atoms with Gasteiger partial charge in [-0.25, -0.2) is 4.63 Å². The van der Waals surface area contributed by atoms with Gasteiger partial charge in [-0.3, -0.25) is 9.73 Å². The van der Waals surface area contributed by atoms with E-state index < -0.39 is 5.91 Å². The maximum Gasteiger partial charge on any atom is 0.257 e. The van der Waals surface area contributed by atoms with Crippen LogP contribution in [-0.2, 0) is 4.94 Å². The predicted octanol–water partition coefficient (Wildman–Crippen LogP) is 4.01. The molecule has 1 heterocycles. The normalized spacial score (nSPS) is 10.7. The lowest BCUT2D eigenvalue weighted by Gasteiger charge is -2.03. The minimum atomic E-state index is -0.421. The molecule has 0 unspecified atom stereocenters. The summed E-state index contributed by atoms with van der Waals surface area (Å²) in [5.41, 5.74) is 3.73. The Morgan fingerprint density at radius 1 is 1.12 bits per heavy atom. The van der Waals surface area contributed by atoms with Crippen molar-refractivity contribution in [3.63, 3.8) is 0 Å². The lowest BCUT2D eigenvalue weighted by atomic mass is 10.2. The lowest BCUT2D eigenvalue weighted by molar-refractivity contribution is 0.102. The number of carbonyl (C=O) groups is 1. The first-order valence-electron chi connectivity index (χ1n) is 7.22. The highest BCUT2D eigenvalue weighted by atomic mass is 35.5. The summed E-state index contributed by atoms with van der Waals surface area (Å²) in [5, 5.41) is 14.5. The van der Waals surface area contributed by atoms with E-state index in [4.69, 9.17) is 28.1 Å². The zero-order valence-electron chi connectivity index (χ0n) is 13.0. The molecule has 26 heavy (non-hydrogen) atoms. The van der Waals surface area contributed by atoms with Crippen LogP contribution in [0.25, 0.3) is 0 Å².